The van der Waals surface area contributed by atoms with Gasteiger partial charge in [-0.15, -0.1) is 0 Å². The Labute approximate surface area is 154 Å². The highest BCUT2D eigenvalue weighted by Crippen LogP contribution is 2.07. The molecule has 0 aliphatic carbocycles. The minimum absolute atomic E-state index is 0.144. The van der Waals surface area contributed by atoms with E-state index < -0.39 is 23.7 Å². The van der Waals surface area contributed by atoms with Crippen LogP contribution >= 0.6 is 0 Å². The van der Waals surface area contributed by atoms with E-state index in [0.29, 0.717) is 25.8 Å². The van der Waals surface area contributed by atoms with Gasteiger partial charge < -0.3 is 20.5 Å². The summed E-state index contributed by atoms with van der Waals surface area (Å²) in [6, 6.07) is 8.21. The summed E-state index contributed by atoms with van der Waals surface area (Å²) in [5.74, 6) is -1.39. The van der Waals surface area contributed by atoms with Crippen LogP contribution in [0.2, 0.25) is 0 Å². The van der Waals surface area contributed by atoms with Gasteiger partial charge in [-0.3, -0.25) is 4.79 Å². The van der Waals surface area contributed by atoms with Crippen LogP contribution in [0.25, 0.3) is 0 Å². The molecule has 0 fully saturated rings. The molecule has 144 valence electrons. The van der Waals surface area contributed by atoms with Gasteiger partial charge in [-0.25, -0.2) is 9.59 Å². The van der Waals surface area contributed by atoms with Gasteiger partial charge in [0.2, 0.25) is 5.91 Å². The molecule has 3 N–H and O–H groups in total. The van der Waals surface area contributed by atoms with Crippen molar-refractivity contribution in [3.8, 4) is 0 Å². The number of hydrogen-bond acceptors (Lipinski definition) is 4. The molecule has 7 heteroatoms. The molecule has 2 amide bonds. The second-order valence-electron chi connectivity index (χ2n) is 7.05. The quantitative estimate of drug-likeness (QED) is 0.584. The first-order valence-electron chi connectivity index (χ1n) is 8.70. The number of aliphatic carboxylic acids is 1. The topological polar surface area (TPSA) is 105 Å². The molecule has 1 atom stereocenters. The summed E-state index contributed by atoms with van der Waals surface area (Å²) < 4.78 is 5.11. The van der Waals surface area contributed by atoms with Crippen LogP contribution in [0.3, 0.4) is 0 Å². The van der Waals surface area contributed by atoms with E-state index in [1.807, 2.05) is 30.3 Å². The van der Waals surface area contributed by atoms with Gasteiger partial charge in [-0.2, -0.15) is 0 Å². The third-order valence-corrected chi connectivity index (χ3v) is 3.43. The highest BCUT2D eigenvalue weighted by atomic mass is 16.6. The Morgan fingerprint density at radius 1 is 1.12 bits per heavy atom. The molecule has 0 saturated carbocycles. The predicted octanol–water partition coefficient (Wildman–Crippen LogP) is 2.49. The summed E-state index contributed by atoms with van der Waals surface area (Å²) in [6.07, 6.45) is 1.09. The monoisotopic (exact) mass is 364 g/mol. The number of hydrogen-bond donors (Lipinski definition) is 3. The number of unbranched alkanes of at least 4 members (excludes halogenated alkanes) is 1. The largest absolute Gasteiger partial charge is 0.480 e. The lowest BCUT2D eigenvalue weighted by Crippen LogP contribution is -2.41. The number of carbonyl (C=O) groups is 3. The molecule has 0 bridgehead atoms. The number of amides is 2. The predicted molar refractivity (Wildman–Crippen MR) is 97.8 cm³/mol. The maximum Gasteiger partial charge on any atom is 0.407 e. The van der Waals surface area contributed by atoms with E-state index in [2.05, 4.69) is 10.6 Å². The van der Waals surface area contributed by atoms with E-state index in [1.165, 1.54) is 0 Å². The number of nitrogens with one attached hydrogen (secondary N) is 2. The Kier molecular flexibility index (Phi) is 8.61. The molecule has 1 unspecified atom stereocenters. The van der Waals surface area contributed by atoms with Gasteiger partial charge >= 0.3 is 12.1 Å². The molecule has 0 heterocycles. The number of benzene rings is 1. The molecule has 0 radical (unpaired) electrons. The Hall–Kier alpha value is -2.57. The second kappa shape index (κ2) is 10.4. The molecule has 7 nitrogen and oxygen atoms in total. The third-order valence-electron chi connectivity index (χ3n) is 3.43. The molecule has 0 aromatic heterocycles. The highest BCUT2D eigenvalue weighted by Gasteiger charge is 2.20. The summed E-state index contributed by atoms with van der Waals surface area (Å²) in [5, 5.41) is 14.4. The molecular formula is C19H28N2O5. The highest BCUT2D eigenvalue weighted by molar-refractivity contribution is 5.84. The maximum absolute atomic E-state index is 12.0. The zero-order valence-electron chi connectivity index (χ0n) is 15.6. The minimum atomic E-state index is -1.06. The van der Waals surface area contributed by atoms with Crippen LogP contribution in [0.5, 0.6) is 0 Å². The van der Waals surface area contributed by atoms with Crippen molar-refractivity contribution in [1.82, 2.24) is 10.6 Å². The lowest BCUT2D eigenvalue weighted by Gasteiger charge is -2.19. The first-order valence-corrected chi connectivity index (χ1v) is 8.70. The zero-order valence-corrected chi connectivity index (χ0v) is 15.6. The lowest BCUT2D eigenvalue weighted by molar-refractivity contribution is -0.142. The van der Waals surface area contributed by atoms with E-state index in [9.17, 15) is 19.5 Å². The summed E-state index contributed by atoms with van der Waals surface area (Å²) in [6.45, 7) is 5.73. The van der Waals surface area contributed by atoms with Gasteiger partial charge in [0.05, 0.1) is 6.42 Å². The first-order chi connectivity index (χ1) is 12.2. The van der Waals surface area contributed by atoms with Crippen LogP contribution in [-0.4, -0.2) is 41.3 Å². The molecule has 0 aliphatic heterocycles. The lowest BCUT2D eigenvalue weighted by atomic mass is 10.1. The summed E-state index contributed by atoms with van der Waals surface area (Å²) in [4.78, 5) is 34.8. The zero-order chi connectivity index (χ0) is 19.6. The van der Waals surface area contributed by atoms with Crippen LogP contribution in [0.4, 0.5) is 4.79 Å². The smallest absolute Gasteiger partial charge is 0.407 e. The molecule has 0 aliphatic rings. The average Bonchev–Trinajstić information content (AvgIpc) is 2.52. The summed E-state index contributed by atoms with van der Waals surface area (Å²) >= 11 is 0. The Morgan fingerprint density at radius 2 is 1.77 bits per heavy atom. The van der Waals surface area contributed by atoms with Gasteiger partial charge in [-0.05, 0) is 45.6 Å². The van der Waals surface area contributed by atoms with Crippen LogP contribution < -0.4 is 10.6 Å². The molecule has 0 spiro atoms. The SMILES string of the molecule is CC(C)(C)OC(=O)NCCCCC(NC(=O)Cc1ccccc1)C(=O)O. The Bertz CT molecular complexity index is 596. The number of ether oxygens (including phenoxy) is 1. The second-order valence-corrected chi connectivity index (χ2v) is 7.05. The van der Waals surface area contributed by atoms with Gasteiger partial charge in [0, 0.05) is 6.54 Å². The van der Waals surface area contributed by atoms with Gasteiger partial charge in [-0.1, -0.05) is 30.3 Å². The van der Waals surface area contributed by atoms with Crippen molar-refractivity contribution in [2.75, 3.05) is 6.54 Å². The van der Waals surface area contributed by atoms with Crippen LogP contribution in [0, 0.1) is 0 Å². The fourth-order valence-electron chi connectivity index (χ4n) is 2.26. The number of rotatable bonds is 9. The van der Waals surface area contributed by atoms with Gasteiger partial charge in [0.25, 0.3) is 0 Å². The maximum atomic E-state index is 12.0. The number of carbonyl (C=O) groups excluding carboxylic acids is 2. The van der Waals surface area contributed by atoms with E-state index in [1.54, 1.807) is 20.8 Å². The van der Waals surface area contributed by atoms with Gasteiger partial charge in [0.15, 0.2) is 0 Å². The van der Waals surface area contributed by atoms with Crippen molar-refractivity contribution in [1.29, 1.82) is 0 Å². The Balaban J connectivity index is 2.29. The van der Waals surface area contributed by atoms with Crippen molar-refractivity contribution < 1.29 is 24.2 Å². The van der Waals surface area contributed by atoms with Crippen molar-refractivity contribution in [2.45, 2.75) is 58.1 Å². The van der Waals surface area contributed by atoms with E-state index in [-0.39, 0.29) is 12.3 Å². The number of carboxylic acid groups (broad SMARTS) is 1. The van der Waals surface area contributed by atoms with Crippen molar-refractivity contribution in [2.24, 2.45) is 0 Å². The molecule has 1 aromatic carbocycles. The standard InChI is InChI=1S/C19H28N2O5/c1-19(2,3)26-18(25)20-12-8-7-11-15(17(23)24)21-16(22)13-14-9-5-4-6-10-14/h4-6,9-10,15H,7-8,11-13H2,1-3H3,(H,20,25)(H,21,22)(H,23,24). The fraction of sp³-hybridized carbons (Fsp3) is 0.526. The van der Waals surface area contributed by atoms with E-state index in [0.717, 1.165) is 5.56 Å². The molecule has 1 aromatic rings. The van der Waals surface area contributed by atoms with Crippen molar-refractivity contribution >= 4 is 18.0 Å². The third kappa shape index (κ3) is 9.66. The number of carboxylic acids is 1. The molecule has 0 saturated heterocycles. The van der Waals surface area contributed by atoms with Gasteiger partial charge in [0.1, 0.15) is 11.6 Å². The van der Waals surface area contributed by atoms with E-state index in [4.69, 9.17) is 4.74 Å². The number of alkyl carbamates (subject to hydrolysis) is 1. The van der Waals surface area contributed by atoms with E-state index >= 15 is 0 Å². The summed E-state index contributed by atoms with van der Waals surface area (Å²) in [7, 11) is 0. The first kappa shape index (κ1) is 21.5. The van der Waals surface area contributed by atoms with Crippen molar-refractivity contribution in [3.63, 3.8) is 0 Å². The normalized spacial score (nSPS) is 12.1. The van der Waals surface area contributed by atoms with Crippen LogP contribution in [0.15, 0.2) is 30.3 Å². The van der Waals surface area contributed by atoms with Crippen molar-refractivity contribution in [3.05, 3.63) is 35.9 Å². The summed E-state index contributed by atoms with van der Waals surface area (Å²) in [5.41, 5.74) is 0.275. The Morgan fingerprint density at radius 3 is 2.35 bits per heavy atom. The molecule has 26 heavy (non-hydrogen) atoms. The molecular weight excluding hydrogens is 336 g/mol. The average molecular weight is 364 g/mol. The minimum Gasteiger partial charge on any atom is -0.480 e. The fourth-order valence-corrected chi connectivity index (χ4v) is 2.26. The molecule has 1 rings (SSSR count). The van der Waals surface area contributed by atoms with Crippen LogP contribution in [-0.2, 0) is 20.7 Å². The van der Waals surface area contributed by atoms with Crippen LogP contribution in [0.1, 0.15) is 45.6 Å².